The first-order valence-corrected chi connectivity index (χ1v) is 10.2. The molecule has 1 saturated heterocycles. The maximum absolute atomic E-state index is 13.6. The molecular weight excluding hydrogens is 441 g/mol. The Morgan fingerprint density at radius 2 is 1.78 bits per heavy atom. The quantitative estimate of drug-likeness (QED) is 0.673. The van der Waals surface area contributed by atoms with Crippen LogP contribution in [0, 0.1) is 5.82 Å². The molecule has 4 rings (SSSR count). The highest BCUT2D eigenvalue weighted by atomic mass is 35.5. The first-order chi connectivity index (χ1) is 15.1. The largest absolute Gasteiger partial charge is 0.481 e. The summed E-state index contributed by atoms with van der Waals surface area (Å²) in [5.41, 5.74) is 0.523. The fraction of sp³-hybridized carbons (Fsp3) is 0.364. The number of para-hydroxylation sites is 1. The Hall–Kier alpha value is -3.04. The summed E-state index contributed by atoms with van der Waals surface area (Å²) in [6, 6.07) is 11.1. The van der Waals surface area contributed by atoms with E-state index in [1.807, 2.05) is 0 Å². The van der Waals surface area contributed by atoms with Crippen LogP contribution in [-0.2, 0) is 4.79 Å². The van der Waals surface area contributed by atoms with E-state index in [0.29, 0.717) is 56.3 Å². The van der Waals surface area contributed by atoms with Crippen molar-refractivity contribution in [3.05, 3.63) is 53.8 Å². The van der Waals surface area contributed by atoms with Crippen LogP contribution in [0.5, 0.6) is 17.2 Å². The van der Waals surface area contributed by atoms with E-state index < -0.39 is 5.82 Å². The summed E-state index contributed by atoms with van der Waals surface area (Å²) in [5, 5.41) is 2.90. The summed E-state index contributed by atoms with van der Waals surface area (Å²) in [4.78, 5) is 28.5. The molecule has 0 unspecified atom stereocenters. The van der Waals surface area contributed by atoms with Gasteiger partial charge >= 0.3 is 0 Å². The molecule has 2 aromatic rings. The lowest BCUT2D eigenvalue weighted by atomic mass is 10.2. The van der Waals surface area contributed by atoms with Crippen molar-refractivity contribution in [1.29, 1.82) is 0 Å². The third-order valence-electron chi connectivity index (χ3n) is 5.26. The molecular formula is C22H25ClFN3O5. The van der Waals surface area contributed by atoms with Gasteiger partial charge in [0, 0.05) is 44.8 Å². The highest BCUT2D eigenvalue weighted by molar-refractivity contribution is 5.94. The fourth-order valence-corrected chi connectivity index (χ4v) is 3.48. The van der Waals surface area contributed by atoms with E-state index in [-0.39, 0.29) is 43.4 Å². The molecule has 2 heterocycles. The molecule has 0 radical (unpaired) electrons. The Balaban J connectivity index is 0.00000289. The van der Waals surface area contributed by atoms with Crippen LogP contribution in [0.2, 0.25) is 0 Å². The Bertz CT molecular complexity index is 953. The van der Waals surface area contributed by atoms with Gasteiger partial charge in [-0.1, -0.05) is 12.1 Å². The number of nitrogens with zero attached hydrogens (tertiary/aromatic N) is 2. The number of ether oxygens (including phenoxy) is 3. The van der Waals surface area contributed by atoms with Crippen molar-refractivity contribution < 1.29 is 28.2 Å². The molecule has 1 fully saturated rings. The van der Waals surface area contributed by atoms with Gasteiger partial charge in [0.1, 0.15) is 0 Å². The van der Waals surface area contributed by atoms with E-state index in [1.165, 1.54) is 12.1 Å². The topological polar surface area (TPSA) is 80.3 Å². The molecule has 0 bridgehead atoms. The van der Waals surface area contributed by atoms with Crippen LogP contribution in [-0.4, -0.2) is 74.3 Å². The maximum Gasteiger partial charge on any atom is 0.260 e. The van der Waals surface area contributed by atoms with Gasteiger partial charge in [0.05, 0.1) is 0 Å². The Morgan fingerprint density at radius 3 is 2.56 bits per heavy atom. The van der Waals surface area contributed by atoms with Gasteiger partial charge in [-0.25, -0.2) is 4.39 Å². The number of nitrogens with one attached hydrogen (secondary N) is 1. The van der Waals surface area contributed by atoms with E-state index in [1.54, 1.807) is 35.2 Å². The minimum Gasteiger partial charge on any atom is -0.481 e. The summed E-state index contributed by atoms with van der Waals surface area (Å²) in [5.74, 6) is 0.475. The number of amides is 2. The molecule has 1 N–H and O–H groups in total. The van der Waals surface area contributed by atoms with Crippen LogP contribution in [0.4, 0.5) is 4.39 Å². The molecule has 172 valence electrons. The minimum absolute atomic E-state index is 0. The van der Waals surface area contributed by atoms with Crippen LogP contribution in [0.15, 0.2) is 42.5 Å². The van der Waals surface area contributed by atoms with E-state index in [4.69, 9.17) is 14.2 Å². The van der Waals surface area contributed by atoms with Gasteiger partial charge in [0.15, 0.2) is 29.7 Å². The maximum atomic E-state index is 13.6. The van der Waals surface area contributed by atoms with E-state index >= 15 is 0 Å². The van der Waals surface area contributed by atoms with Gasteiger partial charge in [0.2, 0.25) is 6.79 Å². The first-order valence-electron chi connectivity index (χ1n) is 10.2. The lowest BCUT2D eigenvalue weighted by Crippen LogP contribution is -2.51. The van der Waals surface area contributed by atoms with E-state index in [9.17, 15) is 14.0 Å². The van der Waals surface area contributed by atoms with Crippen molar-refractivity contribution in [2.45, 2.75) is 0 Å². The molecule has 8 nitrogen and oxygen atoms in total. The average Bonchev–Trinajstić information content (AvgIpc) is 3.26. The summed E-state index contributed by atoms with van der Waals surface area (Å²) in [6.45, 7) is 3.69. The monoisotopic (exact) mass is 465 g/mol. The van der Waals surface area contributed by atoms with Crippen LogP contribution in [0.25, 0.3) is 0 Å². The molecule has 0 atom stereocenters. The standard InChI is InChI=1S/C22H24FN3O5.ClH/c23-17-3-1-2-4-18(17)29-14-21(27)26-11-9-25(10-12-26)8-7-24-22(28)16-5-6-19-20(13-16)31-15-30-19;/h1-6,13H,7-12,14-15H2,(H,24,28);1H. The molecule has 2 aliphatic rings. The predicted octanol–water partition coefficient (Wildman–Crippen LogP) is 1.93. The van der Waals surface area contributed by atoms with Gasteiger partial charge in [-0.3, -0.25) is 14.5 Å². The van der Waals surface area contributed by atoms with Crippen LogP contribution >= 0.6 is 12.4 Å². The average molecular weight is 466 g/mol. The second kappa shape index (κ2) is 11.0. The van der Waals surface area contributed by atoms with Gasteiger partial charge in [-0.2, -0.15) is 0 Å². The molecule has 0 aromatic heterocycles. The molecule has 0 saturated carbocycles. The molecule has 0 spiro atoms. The third kappa shape index (κ3) is 5.80. The number of carbonyl (C=O) groups is 2. The summed E-state index contributed by atoms with van der Waals surface area (Å²) >= 11 is 0. The minimum atomic E-state index is -0.483. The highest BCUT2D eigenvalue weighted by Crippen LogP contribution is 2.32. The second-order valence-electron chi connectivity index (χ2n) is 7.27. The zero-order valence-corrected chi connectivity index (χ0v) is 18.2. The predicted molar refractivity (Wildman–Crippen MR) is 117 cm³/mol. The van der Waals surface area contributed by atoms with Gasteiger partial charge in [-0.15, -0.1) is 12.4 Å². The Morgan fingerprint density at radius 1 is 1.03 bits per heavy atom. The molecule has 2 aliphatic heterocycles. The first kappa shape index (κ1) is 23.6. The number of hydrogen-bond donors (Lipinski definition) is 1. The number of hydrogen-bond acceptors (Lipinski definition) is 6. The van der Waals surface area contributed by atoms with Gasteiger partial charge < -0.3 is 24.4 Å². The normalized spacial score (nSPS) is 15.1. The fourth-order valence-electron chi connectivity index (χ4n) is 3.48. The van der Waals surface area contributed by atoms with Crippen molar-refractivity contribution >= 4 is 24.2 Å². The van der Waals surface area contributed by atoms with E-state index in [2.05, 4.69) is 10.2 Å². The number of carbonyl (C=O) groups excluding carboxylic acids is 2. The van der Waals surface area contributed by atoms with Crippen LogP contribution in [0.1, 0.15) is 10.4 Å². The summed E-state index contributed by atoms with van der Waals surface area (Å²) < 4.78 is 29.4. The molecule has 32 heavy (non-hydrogen) atoms. The SMILES string of the molecule is Cl.O=C(NCCN1CCN(C(=O)COc2ccccc2F)CC1)c1ccc2c(c1)OCO2. The number of rotatable bonds is 7. The Kier molecular flexibility index (Phi) is 8.13. The lowest BCUT2D eigenvalue weighted by Gasteiger charge is -2.34. The van der Waals surface area contributed by atoms with Crippen LogP contribution in [0.3, 0.4) is 0 Å². The van der Waals surface area contributed by atoms with Crippen molar-refractivity contribution in [2.75, 3.05) is 52.7 Å². The van der Waals surface area contributed by atoms with Crippen molar-refractivity contribution in [2.24, 2.45) is 0 Å². The smallest absolute Gasteiger partial charge is 0.260 e. The summed E-state index contributed by atoms with van der Waals surface area (Å²) in [6.07, 6.45) is 0. The second-order valence-corrected chi connectivity index (χ2v) is 7.27. The molecule has 10 heteroatoms. The molecule has 2 amide bonds. The van der Waals surface area contributed by atoms with Crippen molar-refractivity contribution in [3.8, 4) is 17.2 Å². The van der Waals surface area contributed by atoms with E-state index in [0.717, 1.165) is 0 Å². The number of benzene rings is 2. The molecule has 0 aliphatic carbocycles. The van der Waals surface area contributed by atoms with Gasteiger partial charge in [0.25, 0.3) is 11.8 Å². The molecule has 2 aromatic carbocycles. The number of fused-ring (bicyclic) bond motifs is 1. The Labute approximate surface area is 191 Å². The van der Waals surface area contributed by atoms with Crippen LogP contribution < -0.4 is 19.5 Å². The summed E-state index contributed by atoms with van der Waals surface area (Å²) in [7, 11) is 0. The lowest BCUT2D eigenvalue weighted by molar-refractivity contribution is -0.135. The van der Waals surface area contributed by atoms with Crippen molar-refractivity contribution in [1.82, 2.24) is 15.1 Å². The zero-order valence-electron chi connectivity index (χ0n) is 17.4. The zero-order chi connectivity index (χ0) is 21.6. The third-order valence-corrected chi connectivity index (χ3v) is 5.26. The number of halogens is 2. The highest BCUT2D eigenvalue weighted by Gasteiger charge is 2.22. The van der Waals surface area contributed by atoms with Crippen molar-refractivity contribution in [3.63, 3.8) is 0 Å². The number of piperazine rings is 1. The van der Waals surface area contributed by atoms with Gasteiger partial charge in [-0.05, 0) is 30.3 Å².